The van der Waals surface area contributed by atoms with E-state index >= 15 is 0 Å². The number of aromatic nitrogens is 1. The van der Waals surface area contributed by atoms with Gasteiger partial charge in [-0.15, -0.1) is 0 Å². The minimum atomic E-state index is -0.465. The monoisotopic (exact) mass is 375 g/mol. The predicted octanol–water partition coefficient (Wildman–Crippen LogP) is 3.53. The number of anilines is 2. The number of carbonyl (C=O) groups excluding carboxylic acids is 1. The zero-order chi connectivity index (χ0) is 18.5. The van der Waals surface area contributed by atoms with Crippen LogP contribution in [-0.4, -0.2) is 28.6 Å². The van der Waals surface area contributed by atoms with Gasteiger partial charge in [0.25, 0.3) is 5.91 Å². The van der Waals surface area contributed by atoms with Crippen LogP contribution in [0.4, 0.5) is 15.8 Å². The molecular formula is C18H18FN3O3S. The van der Waals surface area contributed by atoms with Crippen molar-refractivity contribution in [2.24, 2.45) is 0 Å². The molecule has 1 aromatic heterocycles. The number of benzene rings is 2. The molecule has 0 saturated heterocycles. The van der Waals surface area contributed by atoms with Crippen LogP contribution in [0.3, 0.4) is 0 Å². The molecule has 0 bridgehead atoms. The summed E-state index contributed by atoms with van der Waals surface area (Å²) in [6.07, 6.45) is 2.10. The zero-order valence-corrected chi connectivity index (χ0v) is 14.9. The summed E-state index contributed by atoms with van der Waals surface area (Å²) in [6.45, 7) is 1.97. The third kappa shape index (κ3) is 3.98. The van der Waals surface area contributed by atoms with Crippen molar-refractivity contribution in [3.05, 3.63) is 53.5 Å². The number of aliphatic hydroxyl groups excluding tert-OH is 1. The summed E-state index contributed by atoms with van der Waals surface area (Å²) in [5, 5.41) is 12.6. The SMILES string of the molecule is Cc1ccc(Nc2c(C(=O)NOCCCO)ccc3cnsc23)c(F)c1. The Morgan fingerprint density at radius 2 is 2.19 bits per heavy atom. The summed E-state index contributed by atoms with van der Waals surface area (Å²) in [7, 11) is 0. The number of aliphatic hydroxyl groups is 1. The molecule has 0 unspecified atom stereocenters. The average Bonchev–Trinajstić information content (AvgIpc) is 3.10. The fourth-order valence-electron chi connectivity index (χ4n) is 2.41. The van der Waals surface area contributed by atoms with Crippen molar-refractivity contribution in [2.45, 2.75) is 13.3 Å². The van der Waals surface area contributed by atoms with Crippen LogP contribution in [0.25, 0.3) is 10.1 Å². The number of rotatable bonds is 7. The van der Waals surface area contributed by atoms with Gasteiger partial charge < -0.3 is 10.4 Å². The Bertz CT molecular complexity index is 929. The first-order valence-electron chi connectivity index (χ1n) is 8.03. The first-order chi connectivity index (χ1) is 12.6. The van der Waals surface area contributed by atoms with Crippen LogP contribution in [0.2, 0.25) is 0 Å². The van der Waals surface area contributed by atoms with E-state index in [1.165, 1.54) is 17.6 Å². The molecule has 0 radical (unpaired) electrons. The van der Waals surface area contributed by atoms with Gasteiger partial charge in [-0.3, -0.25) is 9.63 Å². The van der Waals surface area contributed by atoms with E-state index in [1.54, 1.807) is 37.4 Å². The van der Waals surface area contributed by atoms with Crippen LogP contribution in [-0.2, 0) is 4.84 Å². The van der Waals surface area contributed by atoms with Crippen LogP contribution < -0.4 is 10.8 Å². The third-order valence-electron chi connectivity index (χ3n) is 3.72. The highest BCUT2D eigenvalue weighted by atomic mass is 32.1. The normalized spacial score (nSPS) is 10.9. The Morgan fingerprint density at radius 3 is 2.96 bits per heavy atom. The second-order valence-electron chi connectivity index (χ2n) is 5.70. The third-order valence-corrected chi connectivity index (χ3v) is 4.56. The molecule has 0 saturated carbocycles. The molecule has 0 aliphatic rings. The predicted molar refractivity (Wildman–Crippen MR) is 99.2 cm³/mol. The van der Waals surface area contributed by atoms with Gasteiger partial charge in [0.05, 0.1) is 28.2 Å². The minimum Gasteiger partial charge on any atom is -0.396 e. The minimum absolute atomic E-state index is 0.0256. The van der Waals surface area contributed by atoms with E-state index in [0.717, 1.165) is 15.6 Å². The molecule has 0 fully saturated rings. The van der Waals surface area contributed by atoms with Gasteiger partial charge in [0.2, 0.25) is 0 Å². The molecule has 0 atom stereocenters. The van der Waals surface area contributed by atoms with Crippen molar-refractivity contribution in [1.82, 2.24) is 9.85 Å². The molecule has 3 aromatic rings. The fraction of sp³-hybridized carbons (Fsp3) is 0.222. The van der Waals surface area contributed by atoms with Crippen LogP contribution in [0, 0.1) is 12.7 Å². The number of hydrogen-bond donors (Lipinski definition) is 3. The van der Waals surface area contributed by atoms with E-state index in [9.17, 15) is 9.18 Å². The number of nitrogens with zero attached hydrogens (tertiary/aromatic N) is 1. The molecule has 3 N–H and O–H groups in total. The number of aryl methyl sites for hydroxylation is 1. The van der Waals surface area contributed by atoms with Crippen molar-refractivity contribution in [3.63, 3.8) is 0 Å². The number of amides is 1. The van der Waals surface area contributed by atoms with E-state index in [-0.39, 0.29) is 18.9 Å². The van der Waals surface area contributed by atoms with E-state index < -0.39 is 11.7 Å². The number of fused-ring (bicyclic) bond motifs is 1. The Balaban J connectivity index is 1.93. The van der Waals surface area contributed by atoms with Gasteiger partial charge in [0.1, 0.15) is 5.82 Å². The lowest BCUT2D eigenvalue weighted by atomic mass is 10.1. The Morgan fingerprint density at radius 1 is 1.35 bits per heavy atom. The maximum Gasteiger partial charge on any atom is 0.277 e. The molecule has 8 heteroatoms. The lowest BCUT2D eigenvalue weighted by Crippen LogP contribution is -2.25. The van der Waals surface area contributed by atoms with E-state index in [4.69, 9.17) is 9.94 Å². The fourth-order valence-corrected chi connectivity index (χ4v) is 3.16. The number of carbonyl (C=O) groups is 1. The van der Waals surface area contributed by atoms with Crippen molar-refractivity contribution < 1.29 is 19.1 Å². The molecule has 3 rings (SSSR count). The summed E-state index contributed by atoms with van der Waals surface area (Å²) >= 11 is 1.22. The van der Waals surface area contributed by atoms with Crippen molar-refractivity contribution >= 4 is 38.9 Å². The second-order valence-corrected chi connectivity index (χ2v) is 6.50. The molecule has 1 amide bonds. The second kappa shape index (κ2) is 8.22. The van der Waals surface area contributed by atoms with E-state index in [2.05, 4.69) is 15.2 Å². The smallest absolute Gasteiger partial charge is 0.277 e. The molecule has 6 nitrogen and oxygen atoms in total. The first kappa shape index (κ1) is 18.2. The molecule has 1 heterocycles. The van der Waals surface area contributed by atoms with Gasteiger partial charge in [-0.1, -0.05) is 12.1 Å². The summed E-state index contributed by atoms with van der Waals surface area (Å²) in [5.41, 5.74) is 4.20. The van der Waals surface area contributed by atoms with Gasteiger partial charge in [-0.25, -0.2) is 9.87 Å². The lowest BCUT2D eigenvalue weighted by Gasteiger charge is -2.14. The molecule has 136 valence electrons. The Labute approximate surface area is 153 Å². The molecular weight excluding hydrogens is 357 g/mol. The molecule has 0 aliphatic carbocycles. The van der Waals surface area contributed by atoms with Gasteiger partial charge in [-0.2, -0.15) is 4.37 Å². The van der Waals surface area contributed by atoms with Gasteiger partial charge in [-0.05, 0) is 48.6 Å². The van der Waals surface area contributed by atoms with Crippen molar-refractivity contribution in [3.8, 4) is 0 Å². The van der Waals surface area contributed by atoms with Crippen LogP contribution in [0.5, 0.6) is 0 Å². The Kier molecular flexibility index (Phi) is 5.77. The van der Waals surface area contributed by atoms with Crippen LogP contribution in [0.1, 0.15) is 22.3 Å². The van der Waals surface area contributed by atoms with Gasteiger partial charge in [0.15, 0.2) is 0 Å². The van der Waals surface area contributed by atoms with Gasteiger partial charge in [0, 0.05) is 18.2 Å². The van der Waals surface area contributed by atoms with Crippen molar-refractivity contribution in [2.75, 3.05) is 18.5 Å². The van der Waals surface area contributed by atoms with Crippen molar-refractivity contribution in [1.29, 1.82) is 0 Å². The highest BCUT2D eigenvalue weighted by Gasteiger charge is 2.17. The zero-order valence-electron chi connectivity index (χ0n) is 14.1. The number of nitrogens with one attached hydrogen (secondary N) is 2. The quantitative estimate of drug-likeness (QED) is 0.435. The largest absolute Gasteiger partial charge is 0.396 e. The number of halogens is 1. The number of hydrogen-bond acceptors (Lipinski definition) is 6. The highest BCUT2D eigenvalue weighted by molar-refractivity contribution is 7.14. The van der Waals surface area contributed by atoms with Crippen LogP contribution in [0.15, 0.2) is 36.5 Å². The standard InChI is InChI=1S/C18H18FN3O3S/c1-11-3-6-15(14(19)9-11)21-16-13(18(24)22-25-8-2-7-23)5-4-12-10-20-26-17(12)16/h3-6,9-10,21,23H,2,7-8H2,1H3,(H,22,24). The number of hydroxylamine groups is 1. The van der Waals surface area contributed by atoms with E-state index in [1.807, 2.05) is 0 Å². The highest BCUT2D eigenvalue weighted by Crippen LogP contribution is 2.33. The van der Waals surface area contributed by atoms with Crippen LogP contribution >= 0.6 is 11.5 Å². The van der Waals surface area contributed by atoms with E-state index in [0.29, 0.717) is 17.7 Å². The summed E-state index contributed by atoms with van der Waals surface area (Å²) in [5.74, 6) is -0.870. The Hall–Kier alpha value is -2.55. The molecule has 0 spiro atoms. The topological polar surface area (TPSA) is 83.5 Å². The average molecular weight is 375 g/mol. The molecule has 26 heavy (non-hydrogen) atoms. The summed E-state index contributed by atoms with van der Waals surface area (Å²) in [4.78, 5) is 17.5. The lowest BCUT2D eigenvalue weighted by molar-refractivity contribution is 0.0262. The summed E-state index contributed by atoms with van der Waals surface area (Å²) in [6, 6.07) is 8.25. The molecule has 0 aliphatic heterocycles. The summed E-state index contributed by atoms with van der Waals surface area (Å²) < 4.78 is 19.1. The maximum absolute atomic E-state index is 14.3. The molecule has 2 aromatic carbocycles. The maximum atomic E-state index is 14.3. The first-order valence-corrected chi connectivity index (χ1v) is 8.81. The van der Waals surface area contributed by atoms with Gasteiger partial charge >= 0.3 is 0 Å².